The fourth-order valence-electron chi connectivity index (χ4n) is 2.20. The monoisotopic (exact) mass is 331 g/mol. The van der Waals surface area contributed by atoms with E-state index in [-0.39, 0.29) is 4.90 Å². The molecule has 0 spiro atoms. The topological polar surface area (TPSA) is 83.4 Å². The highest BCUT2D eigenvalue weighted by atomic mass is 32.2. The van der Waals surface area contributed by atoms with Gasteiger partial charge >= 0.3 is 5.89 Å². The average Bonchev–Trinajstić information content (AvgIpc) is 2.84. The third-order valence-electron chi connectivity index (χ3n) is 3.38. The second kappa shape index (κ2) is 5.86. The minimum Gasteiger partial charge on any atom is -0.398 e. The predicted molar refractivity (Wildman–Crippen MR) is 86.3 cm³/mol. The van der Waals surface area contributed by atoms with E-state index in [0.29, 0.717) is 17.0 Å². The number of benzene rings is 2. The Morgan fingerprint density at radius 2 is 1.91 bits per heavy atom. The number of hydrogen-bond donors (Lipinski definition) is 2. The number of aryl methyl sites for hydroxylation is 1. The van der Waals surface area contributed by atoms with Crippen molar-refractivity contribution in [1.82, 2.24) is 0 Å². The minimum absolute atomic E-state index is 0.167. The molecule has 3 aromatic rings. The zero-order valence-electron chi connectivity index (χ0n) is 12.3. The molecule has 0 aliphatic carbocycles. The van der Waals surface area contributed by atoms with E-state index >= 15 is 0 Å². The Hall–Kier alpha value is -2.64. The fourth-order valence-corrected chi connectivity index (χ4v) is 2.70. The number of nitrogens with one attached hydrogen (secondary N) is 1. The summed E-state index contributed by atoms with van der Waals surface area (Å²) in [6.45, 7) is 0. The predicted octanol–water partition coefficient (Wildman–Crippen LogP) is 2.59. The van der Waals surface area contributed by atoms with Crippen LogP contribution in [-0.2, 0) is 17.2 Å². The Morgan fingerprint density at radius 3 is 2.61 bits per heavy atom. The van der Waals surface area contributed by atoms with Gasteiger partial charge in [-0.15, -0.1) is 0 Å². The van der Waals surface area contributed by atoms with Crippen LogP contribution < -0.4 is 9.88 Å². The fraction of sp³-hybridized carbons (Fsp3) is 0.0625. The summed E-state index contributed by atoms with van der Waals surface area (Å²) in [5.74, 6) is 0.538. The Labute approximate surface area is 133 Å². The molecule has 0 amide bonds. The number of para-hydroxylation sites is 1. The number of oxazole rings is 1. The summed E-state index contributed by atoms with van der Waals surface area (Å²) in [5, 5.41) is 3.11. The summed E-state index contributed by atoms with van der Waals surface area (Å²) in [4.78, 5) is -0.167. The van der Waals surface area contributed by atoms with Gasteiger partial charge in [-0.1, -0.05) is 18.2 Å². The van der Waals surface area contributed by atoms with Crippen molar-refractivity contribution in [2.45, 2.75) is 4.90 Å². The van der Waals surface area contributed by atoms with Crippen LogP contribution in [0.5, 0.6) is 0 Å². The molecule has 6 nitrogen and oxygen atoms in total. The summed E-state index contributed by atoms with van der Waals surface area (Å²) >= 11 is 0. The van der Waals surface area contributed by atoms with Crippen LogP contribution in [0.3, 0.4) is 0 Å². The molecule has 23 heavy (non-hydrogen) atoms. The largest absolute Gasteiger partial charge is 0.398 e. The number of aromatic nitrogens is 1. The van der Waals surface area contributed by atoms with Gasteiger partial charge in [0, 0.05) is 18.0 Å². The molecular formula is C16H15N2O4S+. The van der Waals surface area contributed by atoms with Crippen LogP contribution >= 0.6 is 0 Å². The van der Waals surface area contributed by atoms with Crippen LogP contribution in [-0.4, -0.2) is 13.0 Å². The Kier molecular flexibility index (Phi) is 3.89. The number of nitrogens with zero attached hydrogens (tertiary/aromatic N) is 1. The lowest BCUT2D eigenvalue weighted by Gasteiger charge is -1.97. The molecule has 0 unspecified atom stereocenters. The zero-order valence-corrected chi connectivity index (χ0v) is 13.1. The zero-order chi connectivity index (χ0) is 16.4. The maximum atomic E-state index is 11.2. The summed E-state index contributed by atoms with van der Waals surface area (Å²) in [5.41, 5.74) is 2.04. The van der Waals surface area contributed by atoms with Gasteiger partial charge in [-0.3, -0.25) is 4.55 Å². The Morgan fingerprint density at radius 1 is 1.17 bits per heavy atom. The van der Waals surface area contributed by atoms with Gasteiger partial charge in [0.15, 0.2) is 0 Å². The lowest BCUT2D eigenvalue weighted by atomic mass is 10.3. The highest BCUT2D eigenvalue weighted by Crippen LogP contribution is 2.19. The van der Waals surface area contributed by atoms with Crippen LogP contribution in [0, 0.1) is 0 Å². The lowest BCUT2D eigenvalue weighted by Crippen LogP contribution is -2.29. The molecule has 118 valence electrons. The summed E-state index contributed by atoms with van der Waals surface area (Å²) < 4.78 is 38.9. The third-order valence-corrected chi connectivity index (χ3v) is 4.23. The molecule has 0 bridgehead atoms. The standard InChI is InChI=1S/C16H14N2O4S/c1-18-14-11-13(23(19,20)21)7-8-15(14)22-16(18)9-10-17-12-5-3-2-4-6-12/h2-11H,1H3,(H,19,20,21)/p+1. The van der Waals surface area contributed by atoms with E-state index in [1.54, 1.807) is 23.9 Å². The molecule has 0 aliphatic heterocycles. The van der Waals surface area contributed by atoms with Crippen LogP contribution in [0.25, 0.3) is 17.2 Å². The van der Waals surface area contributed by atoms with Gasteiger partial charge in [0.2, 0.25) is 5.58 Å². The summed E-state index contributed by atoms with van der Waals surface area (Å²) in [6, 6.07) is 13.8. The van der Waals surface area contributed by atoms with Crippen molar-refractivity contribution >= 4 is 33.0 Å². The van der Waals surface area contributed by atoms with E-state index in [1.165, 1.54) is 18.2 Å². The molecule has 0 radical (unpaired) electrons. The highest BCUT2D eigenvalue weighted by molar-refractivity contribution is 7.85. The van der Waals surface area contributed by atoms with E-state index < -0.39 is 10.1 Å². The average molecular weight is 331 g/mol. The molecule has 0 fully saturated rings. The van der Waals surface area contributed by atoms with Crippen molar-refractivity contribution in [2.24, 2.45) is 7.05 Å². The second-order valence-electron chi connectivity index (χ2n) is 4.95. The van der Waals surface area contributed by atoms with E-state index in [2.05, 4.69) is 5.32 Å². The first-order chi connectivity index (χ1) is 10.9. The van der Waals surface area contributed by atoms with Crippen molar-refractivity contribution < 1.29 is 22.0 Å². The van der Waals surface area contributed by atoms with Gasteiger partial charge in [-0.05, 0) is 24.3 Å². The third kappa shape index (κ3) is 3.25. The maximum Gasteiger partial charge on any atom is 0.375 e. The van der Waals surface area contributed by atoms with Gasteiger partial charge in [0.25, 0.3) is 15.6 Å². The normalized spacial score (nSPS) is 12.1. The van der Waals surface area contributed by atoms with Crippen LogP contribution in [0.4, 0.5) is 5.69 Å². The van der Waals surface area contributed by atoms with Crippen molar-refractivity contribution in [3.8, 4) is 0 Å². The molecule has 2 aromatic carbocycles. The van der Waals surface area contributed by atoms with Gasteiger partial charge in [0.05, 0.1) is 6.08 Å². The van der Waals surface area contributed by atoms with E-state index in [1.807, 2.05) is 30.3 Å². The quantitative estimate of drug-likeness (QED) is 0.567. The molecule has 2 N–H and O–H groups in total. The van der Waals surface area contributed by atoms with Gasteiger partial charge in [0.1, 0.15) is 11.9 Å². The first kappa shape index (κ1) is 15.3. The molecule has 0 saturated heterocycles. The minimum atomic E-state index is -4.24. The molecule has 0 atom stereocenters. The molecule has 7 heteroatoms. The molecule has 1 aromatic heterocycles. The molecule has 0 aliphatic rings. The second-order valence-corrected chi connectivity index (χ2v) is 6.37. The van der Waals surface area contributed by atoms with E-state index in [0.717, 1.165) is 5.69 Å². The van der Waals surface area contributed by atoms with Crippen molar-refractivity contribution in [3.63, 3.8) is 0 Å². The number of anilines is 1. The molecule has 1 heterocycles. The molecule has 3 rings (SSSR count). The number of rotatable bonds is 4. The van der Waals surface area contributed by atoms with Crippen LogP contribution in [0.2, 0.25) is 0 Å². The number of fused-ring (bicyclic) bond motifs is 1. The van der Waals surface area contributed by atoms with Gasteiger partial charge in [-0.2, -0.15) is 13.0 Å². The lowest BCUT2D eigenvalue weighted by molar-refractivity contribution is -0.652. The van der Waals surface area contributed by atoms with E-state index in [9.17, 15) is 8.42 Å². The summed E-state index contributed by atoms with van der Waals surface area (Å²) in [7, 11) is -2.49. The maximum absolute atomic E-state index is 11.2. The first-order valence-electron chi connectivity index (χ1n) is 6.83. The first-order valence-corrected chi connectivity index (χ1v) is 8.27. The smallest absolute Gasteiger partial charge is 0.375 e. The molecule has 0 saturated carbocycles. The van der Waals surface area contributed by atoms with Crippen molar-refractivity contribution in [3.05, 3.63) is 60.6 Å². The molecular weight excluding hydrogens is 316 g/mol. The van der Waals surface area contributed by atoms with E-state index in [4.69, 9.17) is 8.97 Å². The number of hydrogen-bond acceptors (Lipinski definition) is 4. The van der Waals surface area contributed by atoms with Crippen molar-refractivity contribution in [1.29, 1.82) is 0 Å². The van der Waals surface area contributed by atoms with Crippen molar-refractivity contribution in [2.75, 3.05) is 5.32 Å². The highest BCUT2D eigenvalue weighted by Gasteiger charge is 2.20. The van der Waals surface area contributed by atoms with Gasteiger partial charge in [-0.25, -0.2) is 0 Å². The van der Waals surface area contributed by atoms with Crippen LogP contribution in [0.15, 0.2) is 64.0 Å². The van der Waals surface area contributed by atoms with Gasteiger partial charge < -0.3 is 9.73 Å². The summed E-state index contributed by atoms with van der Waals surface area (Å²) in [6.07, 6.45) is 3.47. The Balaban J connectivity index is 1.91. The Bertz CT molecular complexity index is 976. The van der Waals surface area contributed by atoms with Crippen LogP contribution in [0.1, 0.15) is 5.89 Å². The SMILES string of the molecule is C[n+]1c(/C=C/Nc2ccccc2)oc2ccc(S(=O)(=O)O)cc21.